The molecule has 6 rings (SSSR count). The number of likely N-dealkylation sites (tertiary alicyclic amines) is 1. The second kappa shape index (κ2) is 9.08. The monoisotopic (exact) mass is 480 g/mol. The van der Waals surface area contributed by atoms with Crippen LogP contribution in [0.15, 0.2) is 67.0 Å². The summed E-state index contributed by atoms with van der Waals surface area (Å²) < 4.78 is 2.18. The predicted molar refractivity (Wildman–Crippen MR) is 142 cm³/mol. The van der Waals surface area contributed by atoms with Gasteiger partial charge in [0.15, 0.2) is 0 Å². The Morgan fingerprint density at radius 2 is 1.75 bits per heavy atom. The molecule has 2 aromatic carbocycles. The molecule has 1 N–H and O–H groups in total. The van der Waals surface area contributed by atoms with E-state index < -0.39 is 0 Å². The van der Waals surface area contributed by atoms with Gasteiger partial charge in [-0.3, -0.25) is 14.6 Å². The highest BCUT2D eigenvalue weighted by Gasteiger charge is 2.58. The van der Waals surface area contributed by atoms with Crippen LogP contribution in [0, 0.1) is 11.3 Å². The third-order valence-electron chi connectivity index (χ3n) is 8.40. The van der Waals surface area contributed by atoms with E-state index in [1.165, 1.54) is 16.5 Å². The third-order valence-corrected chi connectivity index (χ3v) is 8.40. The minimum absolute atomic E-state index is 0.0888. The summed E-state index contributed by atoms with van der Waals surface area (Å²) in [7, 11) is 2.07. The number of amides is 2. The molecule has 4 aromatic rings. The van der Waals surface area contributed by atoms with Gasteiger partial charge in [0.1, 0.15) is 0 Å². The molecule has 1 aliphatic heterocycles. The number of carbonyl (C=O) groups excluding carboxylic acids is 2. The lowest BCUT2D eigenvalue weighted by Crippen LogP contribution is -2.40. The number of aromatic nitrogens is 2. The first-order valence-corrected chi connectivity index (χ1v) is 13.0. The largest absolute Gasteiger partial charge is 0.356 e. The maximum absolute atomic E-state index is 13.4. The molecule has 2 aromatic heterocycles. The summed E-state index contributed by atoms with van der Waals surface area (Å²) in [5.41, 5.74) is 4.39. The third kappa shape index (κ3) is 4.04. The normalized spacial score (nSPS) is 18.6. The molecular formula is C30H32N4O2. The van der Waals surface area contributed by atoms with Gasteiger partial charge in [-0.25, -0.2) is 0 Å². The van der Waals surface area contributed by atoms with Gasteiger partial charge in [0.2, 0.25) is 5.91 Å². The highest BCUT2D eigenvalue weighted by molar-refractivity contribution is 6.10. The van der Waals surface area contributed by atoms with Crippen molar-refractivity contribution in [3.8, 4) is 0 Å². The molecule has 1 spiro atoms. The molecular weight excluding hydrogens is 448 g/mol. The topological polar surface area (TPSA) is 67.2 Å². The highest BCUT2D eigenvalue weighted by Crippen LogP contribution is 2.59. The maximum atomic E-state index is 13.4. The second-order valence-electron chi connectivity index (χ2n) is 10.5. The van der Waals surface area contributed by atoms with Crippen LogP contribution < -0.4 is 5.32 Å². The lowest BCUT2D eigenvalue weighted by molar-refractivity contribution is -0.123. The number of fused-ring (bicyclic) bond motifs is 3. The van der Waals surface area contributed by atoms with Crippen LogP contribution >= 0.6 is 0 Å². The van der Waals surface area contributed by atoms with Crippen LogP contribution in [0.25, 0.3) is 21.8 Å². The Hall–Kier alpha value is -3.67. The van der Waals surface area contributed by atoms with Crippen LogP contribution in [-0.4, -0.2) is 45.9 Å². The zero-order valence-corrected chi connectivity index (χ0v) is 20.7. The van der Waals surface area contributed by atoms with E-state index in [0.717, 1.165) is 61.7 Å². The number of benzene rings is 2. The van der Waals surface area contributed by atoms with E-state index in [1.807, 2.05) is 41.3 Å². The molecule has 2 fully saturated rings. The Labute approximate surface area is 211 Å². The van der Waals surface area contributed by atoms with Gasteiger partial charge < -0.3 is 14.8 Å². The molecule has 2 aliphatic rings. The first-order valence-electron chi connectivity index (χ1n) is 13.0. The molecule has 1 aliphatic carbocycles. The Balaban J connectivity index is 1.04. The van der Waals surface area contributed by atoms with Gasteiger partial charge in [-0.1, -0.05) is 18.2 Å². The zero-order chi connectivity index (χ0) is 24.7. The summed E-state index contributed by atoms with van der Waals surface area (Å²) in [6.07, 6.45) is 8.25. The minimum Gasteiger partial charge on any atom is -0.356 e. The van der Waals surface area contributed by atoms with E-state index in [1.54, 1.807) is 12.4 Å². The number of nitrogens with zero attached hydrogens (tertiary/aromatic N) is 3. The highest BCUT2D eigenvalue weighted by atomic mass is 16.2. The summed E-state index contributed by atoms with van der Waals surface area (Å²) in [5, 5.41) is 5.44. The number of pyridine rings is 1. The first-order chi connectivity index (χ1) is 17.6. The van der Waals surface area contributed by atoms with E-state index in [-0.39, 0.29) is 23.1 Å². The Morgan fingerprint density at radius 1 is 1.00 bits per heavy atom. The molecule has 0 unspecified atom stereocenters. The van der Waals surface area contributed by atoms with Gasteiger partial charge in [-0.05, 0) is 79.5 Å². The van der Waals surface area contributed by atoms with Gasteiger partial charge in [0.05, 0.1) is 0 Å². The van der Waals surface area contributed by atoms with Crippen LogP contribution in [-0.2, 0) is 18.3 Å². The average molecular weight is 481 g/mol. The molecule has 36 heavy (non-hydrogen) atoms. The summed E-state index contributed by atoms with van der Waals surface area (Å²) in [6.45, 7) is 2.14. The van der Waals surface area contributed by atoms with Crippen LogP contribution in [0.2, 0.25) is 0 Å². The number of aryl methyl sites for hydroxylation is 2. The van der Waals surface area contributed by atoms with E-state index in [0.29, 0.717) is 6.54 Å². The average Bonchev–Trinajstić information content (AvgIpc) is 3.55. The standard InChI is InChI=1S/C30H32N4O2/c1-33-26-7-3-2-6-23(26)24-19-22(8-9-27(24)33)29(36)34-17-12-30(13-18-34)20-25(30)28(35)32-14-4-5-21-10-15-31-16-11-21/h2-3,6-11,15-16,19,25H,4-5,12-14,17-18,20H2,1H3,(H,32,35)/t25-/m1/s1. The van der Waals surface area contributed by atoms with E-state index in [2.05, 4.69) is 40.1 Å². The van der Waals surface area contributed by atoms with Gasteiger partial charge in [0.25, 0.3) is 5.91 Å². The maximum Gasteiger partial charge on any atom is 0.253 e. The summed E-state index contributed by atoms with van der Waals surface area (Å²) in [4.78, 5) is 32.1. The summed E-state index contributed by atoms with van der Waals surface area (Å²) in [5.74, 6) is 0.381. The lowest BCUT2D eigenvalue weighted by atomic mass is 9.90. The number of carbonyl (C=O) groups is 2. The molecule has 1 saturated heterocycles. The van der Waals surface area contributed by atoms with Crippen molar-refractivity contribution in [2.24, 2.45) is 18.4 Å². The number of para-hydroxylation sites is 1. The molecule has 6 nitrogen and oxygen atoms in total. The number of piperidine rings is 1. The van der Waals surface area contributed by atoms with E-state index >= 15 is 0 Å². The molecule has 1 atom stereocenters. The number of hydrogen-bond donors (Lipinski definition) is 1. The van der Waals surface area contributed by atoms with E-state index in [9.17, 15) is 9.59 Å². The number of hydrogen-bond acceptors (Lipinski definition) is 3. The molecule has 6 heteroatoms. The minimum atomic E-state index is 0.0888. The van der Waals surface area contributed by atoms with Crippen molar-refractivity contribution < 1.29 is 9.59 Å². The molecule has 2 amide bonds. The summed E-state index contributed by atoms with van der Waals surface area (Å²) >= 11 is 0. The van der Waals surface area contributed by atoms with Crippen molar-refractivity contribution in [1.82, 2.24) is 19.8 Å². The molecule has 0 bridgehead atoms. The van der Waals surface area contributed by atoms with Crippen molar-refractivity contribution in [1.29, 1.82) is 0 Å². The van der Waals surface area contributed by atoms with Crippen molar-refractivity contribution >= 4 is 33.6 Å². The number of rotatable bonds is 6. The fourth-order valence-corrected chi connectivity index (χ4v) is 6.09. The molecule has 184 valence electrons. The zero-order valence-electron chi connectivity index (χ0n) is 20.7. The van der Waals surface area contributed by atoms with Crippen LogP contribution in [0.5, 0.6) is 0 Å². The first kappa shape index (κ1) is 22.8. The summed E-state index contributed by atoms with van der Waals surface area (Å²) in [6, 6.07) is 18.4. The molecule has 0 radical (unpaired) electrons. The quantitative estimate of drug-likeness (QED) is 0.406. The fraction of sp³-hybridized carbons (Fsp3) is 0.367. The Morgan fingerprint density at radius 3 is 2.56 bits per heavy atom. The second-order valence-corrected chi connectivity index (χ2v) is 10.5. The van der Waals surface area contributed by atoms with Crippen molar-refractivity contribution in [2.75, 3.05) is 19.6 Å². The van der Waals surface area contributed by atoms with Crippen LogP contribution in [0.4, 0.5) is 0 Å². The smallest absolute Gasteiger partial charge is 0.253 e. The van der Waals surface area contributed by atoms with Gasteiger partial charge >= 0.3 is 0 Å². The van der Waals surface area contributed by atoms with Crippen molar-refractivity contribution in [3.63, 3.8) is 0 Å². The predicted octanol–water partition coefficient (Wildman–Crippen LogP) is 4.72. The van der Waals surface area contributed by atoms with Gasteiger partial charge in [-0.15, -0.1) is 0 Å². The molecule has 3 heterocycles. The van der Waals surface area contributed by atoms with Crippen LogP contribution in [0.3, 0.4) is 0 Å². The lowest BCUT2D eigenvalue weighted by Gasteiger charge is -2.33. The Bertz CT molecular complexity index is 1430. The van der Waals surface area contributed by atoms with Crippen molar-refractivity contribution in [2.45, 2.75) is 32.1 Å². The van der Waals surface area contributed by atoms with Gasteiger partial charge in [0, 0.05) is 72.4 Å². The molecule has 1 saturated carbocycles. The SMILES string of the molecule is Cn1c2ccccc2c2cc(C(=O)N3CCC4(CC3)C[C@@H]4C(=O)NCCCc3ccncc3)ccc21. The number of nitrogens with one attached hydrogen (secondary N) is 1. The Kier molecular flexibility index (Phi) is 5.75. The van der Waals surface area contributed by atoms with Crippen molar-refractivity contribution in [3.05, 3.63) is 78.1 Å². The van der Waals surface area contributed by atoms with E-state index in [4.69, 9.17) is 0 Å². The fourth-order valence-electron chi connectivity index (χ4n) is 6.09. The van der Waals surface area contributed by atoms with Gasteiger partial charge in [-0.2, -0.15) is 0 Å². The van der Waals surface area contributed by atoms with Crippen LogP contribution in [0.1, 0.15) is 41.6 Å².